The zero-order valence-corrected chi connectivity index (χ0v) is 15.6. The van der Waals surface area contributed by atoms with Crippen molar-refractivity contribution in [1.82, 2.24) is 9.78 Å². The van der Waals surface area contributed by atoms with Gasteiger partial charge in [-0.3, -0.25) is 4.68 Å². The number of benzene rings is 3. The van der Waals surface area contributed by atoms with E-state index in [0.717, 1.165) is 27.7 Å². The van der Waals surface area contributed by atoms with E-state index in [1.165, 1.54) is 0 Å². The van der Waals surface area contributed by atoms with Gasteiger partial charge < -0.3 is 5.11 Å². The van der Waals surface area contributed by atoms with Crippen LogP contribution in [0.25, 0.3) is 22.2 Å². The zero-order valence-electron chi connectivity index (χ0n) is 14.1. The summed E-state index contributed by atoms with van der Waals surface area (Å²) in [6, 6.07) is 20.0. The highest BCUT2D eigenvalue weighted by atomic mass is 35.5. The average Bonchev–Trinajstić information content (AvgIpc) is 3.04. The van der Waals surface area contributed by atoms with Gasteiger partial charge in [0, 0.05) is 26.6 Å². The van der Waals surface area contributed by atoms with E-state index in [2.05, 4.69) is 0 Å². The number of nitrogens with zero attached hydrogens (tertiary/aromatic N) is 2. The van der Waals surface area contributed by atoms with Gasteiger partial charge in [0.05, 0.1) is 17.6 Å². The van der Waals surface area contributed by atoms with Crippen LogP contribution in [-0.2, 0) is 6.54 Å². The minimum atomic E-state index is -0.953. The van der Waals surface area contributed by atoms with E-state index in [1.54, 1.807) is 36.4 Å². The van der Waals surface area contributed by atoms with E-state index in [1.807, 2.05) is 35.0 Å². The summed E-state index contributed by atoms with van der Waals surface area (Å²) in [5.74, 6) is -0.953. The third kappa shape index (κ3) is 3.29. The fourth-order valence-corrected chi connectivity index (χ4v) is 3.58. The van der Waals surface area contributed by atoms with Gasteiger partial charge >= 0.3 is 5.97 Å². The minimum absolute atomic E-state index is 0.241. The van der Waals surface area contributed by atoms with Crippen molar-refractivity contribution in [2.24, 2.45) is 0 Å². The molecule has 4 nitrogen and oxygen atoms in total. The number of halogens is 2. The Morgan fingerprint density at radius 2 is 1.59 bits per heavy atom. The number of para-hydroxylation sites is 1. The molecule has 0 aliphatic heterocycles. The summed E-state index contributed by atoms with van der Waals surface area (Å²) in [6.07, 6.45) is 0. The van der Waals surface area contributed by atoms with Gasteiger partial charge in [-0.25, -0.2) is 4.79 Å². The number of aromatic carboxylic acids is 1. The average molecular weight is 397 g/mol. The molecule has 0 unspecified atom stereocenters. The molecule has 0 aliphatic rings. The summed E-state index contributed by atoms with van der Waals surface area (Å²) in [7, 11) is 0. The first-order chi connectivity index (χ1) is 13.0. The largest absolute Gasteiger partial charge is 0.478 e. The van der Waals surface area contributed by atoms with E-state index < -0.39 is 5.97 Å². The SMILES string of the molecule is O=C(O)c1ccc(-c2nn(Cc3c(Cl)cccc3Cl)c3ccccc23)cc1. The van der Waals surface area contributed by atoms with Gasteiger partial charge in [0.25, 0.3) is 0 Å². The van der Waals surface area contributed by atoms with Gasteiger partial charge in [-0.2, -0.15) is 5.10 Å². The van der Waals surface area contributed by atoms with Crippen LogP contribution in [-0.4, -0.2) is 20.9 Å². The van der Waals surface area contributed by atoms with Crippen molar-refractivity contribution >= 4 is 40.1 Å². The molecule has 0 radical (unpaired) electrons. The molecule has 0 atom stereocenters. The summed E-state index contributed by atoms with van der Waals surface area (Å²) in [5, 5.41) is 16.0. The van der Waals surface area contributed by atoms with Crippen LogP contribution in [0.4, 0.5) is 0 Å². The summed E-state index contributed by atoms with van der Waals surface area (Å²) in [4.78, 5) is 11.1. The van der Waals surface area contributed by atoms with Gasteiger partial charge in [-0.1, -0.05) is 59.6 Å². The lowest BCUT2D eigenvalue weighted by Gasteiger charge is -2.08. The maximum Gasteiger partial charge on any atom is 0.335 e. The number of carboxylic acid groups (broad SMARTS) is 1. The molecule has 6 heteroatoms. The summed E-state index contributed by atoms with van der Waals surface area (Å²) < 4.78 is 1.86. The van der Waals surface area contributed by atoms with Crippen LogP contribution >= 0.6 is 23.2 Å². The molecule has 0 fully saturated rings. The lowest BCUT2D eigenvalue weighted by molar-refractivity contribution is 0.0697. The molecule has 1 aromatic heterocycles. The Morgan fingerprint density at radius 3 is 2.26 bits per heavy atom. The third-order valence-electron chi connectivity index (χ3n) is 4.43. The number of fused-ring (bicyclic) bond motifs is 1. The topological polar surface area (TPSA) is 55.1 Å². The van der Waals surface area contributed by atoms with Crippen molar-refractivity contribution in [3.05, 3.63) is 87.9 Å². The standard InChI is InChI=1S/C21H14Cl2N2O2/c22-17-5-3-6-18(23)16(17)12-25-19-7-2-1-4-15(19)20(24-25)13-8-10-14(11-9-13)21(26)27/h1-11H,12H2,(H,26,27). The Labute approximate surface area is 165 Å². The van der Waals surface area contributed by atoms with Crippen molar-refractivity contribution < 1.29 is 9.90 Å². The van der Waals surface area contributed by atoms with Crippen molar-refractivity contribution in [1.29, 1.82) is 0 Å². The summed E-state index contributed by atoms with van der Waals surface area (Å²) in [6.45, 7) is 0.437. The fourth-order valence-electron chi connectivity index (χ4n) is 3.07. The molecule has 0 aliphatic carbocycles. The Hall–Kier alpha value is -2.82. The second-order valence-corrected chi connectivity index (χ2v) is 6.92. The molecule has 4 aromatic rings. The number of hydrogen-bond donors (Lipinski definition) is 1. The molecule has 0 spiro atoms. The molecular formula is C21H14Cl2N2O2. The normalized spacial score (nSPS) is 11.0. The summed E-state index contributed by atoms with van der Waals surface area (Å²) in [5.41, 5.74) is 3.63. The maximum absolute atomic E-state index is 11.1. The number of aromatic nitrogens is 2. The predicted octanol–water partition coefficient (Wildman–Crippen LogP) is 5.76. The zero-order chi connectivity index (χ0) is 19.0. The van der Waals surface area contributed by atoms with E-state index >= 15 is 0 Å². The number of rotatable bonds is 4. The number of hydrogen-bond acceptors (Lipinski definition) is 2. The second kappa shape index (κ2) is 7.06. The molecule has 134 valence electrons. The van der Waals surface area contributed by atoms with Crippen molar-refractivity contribution in [2.75, 3.05) is 0 Å². The van der Waals surface area contributed by atoms with Crippen molar-refractivity contribution in [3.8, 4) is 11.3 Å². The van der Waals surface area contributed by atoms with E-state index in [0.29, 0.717) is 16.6 Å². The van der Waals surface area contributed by atoms with Crippen LogP contribution < -0.4 is 0 Å². The van der Waals surface area contributed by atoms with Gasteiger partial charge in [0.15, 0.2) is 0 Å². The predicted molar refractivity (Wildman–Crippen MR) is 108 cm³/mol. The molecule has 0 saturated carbocycles. The highest BCUT2D eigenvalue weighted by Crippen LogP contribution is 2.31. The molecule has 0 saturated heterocycles. The Balaban J connectivity index is 1.83. The minimum Gasteiger partial charge on any atom is -0.478 e. The van der Waals surface area contributed by atoms with E-state index in [4.69, 9.17) is 33.4 Å². The van der Waals surface area contributed by atoms with Crippen molar-refractivity contribution in [2.45, 2.75) is 6.54 Å². The van der Waals surface area contributed by atoms with Gasteiger partial charge in [-0.05, 0) is 30.3 Å². The fraction of sp³-hybridized carbons (Fsp3) is 0.0476. The quantitative estimate of drug-likeness (QED) is 0.477. The number of carboxylic acids is 1. The lowest BCUT2D eigenvalue weighted by atomic mass is 10.1. The first-order valence-electron chi connectivity index (χ1n) is 8.27. The van der Waals surface area contributed by atoms with E-state index in [-0.39, 0.29) is 5.56 Å². The molecule has 1 N–H and O–H groups in total. The molecular weight excluding hydrogens is 383 g/mol. The molecule has 0 amide bonds. The Bertz CT molecular complexity index is 1130. The van der Waals surface area contributed by atoms with Gasteiger partial charge in [0.2, 0.25) is 0 Å². The highest BCUT2D eigenvalue weighted by molar-refractivity contribution is 6.36. The Morgan fingerprint density at radius 1 is 0.926 bits per heavy atom. The smallest absolute Gasteiger partial charge is 0.335 e. The highest BCUT2D eigenvalue weighted by Gasteiger charge is 2.15. The van der Waals surface area contributed by atoms with E-state index in [9.17, 15) is 4.79 Å². The molecule has 1 heterocycles. The molecule has 3 aromatic carbocycles. The van der Waals surface area contributed by atoms with Gasteiger partial charge in [0.1, 0.15) is 5.69 Å². The molecule has 27 heavy (non-hydrogen) atoms. The second-order valence-electron chi connectivity index (χ2n) is 6.11. The molecule has 4 rings (SSSR count). The van der Waals surface area contributed by atoms with Crippen LogP contribution in [0, 0.1) is 0 Å². The van der Waals surface area contributed by atoms with Crippen LogP contribution in [0.5, 0.6) is 0 Å². The first kappa shape index (κ1) is 17.6. The lowest BCUT2D eigenvalue weighted by Crippen LogP contribution is -2.03. The monoisotopic (exact) mass is 396 g/mol. The van der Waals surface area contributed by atoms with Crippen LogP contribution in [0.2, 0.25) is 10.0 Å². The van der Waals surface area contributed by atoms with Crippen LogP contribution in [0.3, 0.4) is 0 Å². The first-order valence-corrected chi connectivity index (χ1v) is 9.02. The van der Waals surface area contributed by atoms with Crippen molar-refractivity contribution in [3.63, 3.8) is 0 Å². The van der Waals surface area contributed by atoms with Crippen LogP contribution in [0.15, 0.2) is 66.7 Å². The molecule has 0 bridgehead atoms. The maximum atomic E-state index is 11.1. The Kier molecular flexibility index (Phi) is 4.60. The third-order valence-corrected chi connectivity index (χ3v) is 5.14. The summed E-state index contributed by atoms with van der Waals surface area (Å²) >= 11 is 12.6. The van der Waals surface area contributed by atoms with Gasteiger partial charge in [-0.15, -0.1) is 0 Å². The van der Waals surface area contributed by atoms with Crippen LogP contribution in [0.1, 0.15) is 15.9 Å². The number of carbonyl (C=O) groups is 1.